The number of fused-ring (bicyclic) bond motifs is 3. The molecule has 1 saturated heterocycles. The van der Waals surface area contributed by atoms with E-state index in [0.717, 1.165) is 73.3 Å². The Morgan fingerprint density at radius 3 is 2.46 bits per heavy atom. The van der Waals surface area contributed by atoms with Crippen molar-refractivity contribution < 1.29 is 23.8 Å². The number of benzene rings is 2. The normalized spacial score (nSPS) is 23.2. The topological polar surface area (TPSA) is 89.5 Å². The Morgan fingerprint density at radius 1 is 1.05 bits per heavy atom. The van der Waals surface area contributed by atoms with Crippen LogP contribution in [-0.4, -0.2) is 68.5 Å². The number of aliphatic imine (C=N–C) groups is 1. The highest BCUT2D eigenvalue weighted by Crippen LogP contribution is 2.45. The quantitative estimate of drug-likeness (QED) is 0.515. The Morgan fingerprint density at radius 2 is 1.79 bits per heavy atom. The lowest BCUT2D eigenvalue weighted by molar-refractivity contribution is -0.148. The van der Waals surface area contributed by atoms with Crippen LogP contribution in [0.2, 0.25) is 0 Å². The van der Waals surface area contributed by atoms with E-state index >= 15 is 0 Å². The molecule has 3 aliphatic rings. The molecule has 3 atom stereocenters. The number of piperidine rings is 1. The van der Waals surface area contributed by atoms with Crippen LogP contribution in [0.5, 0.6) is 11.5 Å². The van der Waals surface area contributed by atoms with Gasteiger partial charge in [0.05, 0.1) is 25.5 Å². The monoisotopic (exact) mass is 533 g/mol. The van der Waals surface area contributed by atoms with E-state index in [1.165, 1.54) is 6.92 Å². The first-order chi connectivity index (χ1) is 18.9. The summed E-state index contributed by atoms with van der Waals surface area (Å²) in [7, 11) is 3.74. The molecular formula is C31H39N3O5. The first-order valence-corrected chi connectivity index (χ1v) is 14.1. The number of anilines is 1. The number of methoxy groups -OCH3 is 1. The molecule has 208 valence electrons. The summed E-state index contributed by atoms with van der Waals surface area (Å²) in [5.74, 6) is 1.40. The van der Waals surface area contributed by atoms with Gasteiger partial charge in [-0.25, -0.2) is 0 Å². The molecule has 5 rings (SSSR count). The zero-order valence-electron chi connectivity index (χ0n) is 23.4. The highest BCUT2D eigenvalue weighted by molar-refractivity contribution is 6.15. The number of nitrogens with one attached hydrogen (secondary N) is 1. The van der Waals surface area contributed by atoms with Crippen LogP contribution in [0.15, 0.2) is 41.4 Å². The van der Waals surface area contributed by atoms with E-state index in [1.54, 1.807) is 7.11 Å². The fraction of sp³-hybridized carbons (Fsp3) is 0.516. The summed E-state index contributed by atoms with van der Waals surface area (Å²) < 4.78 is 17.2. The number of rotatable bonds is 7. The molecular weight excluding hydrogens is 494 g/mol. The number of ether oxygens (including phenoxy) is 3. The number of carbonyl (C=O) groups excluding carboxylic acids is 2. The second-order valence-corrected chi connectivity index (χ2v) is 10.9. The Kier molecular flexibility index (Phi) is 8.21. The lowest BCUT2D eigenvalue weighted by atomic mass is 9.74. The number of hydrogen-bond donors (Lipinski definition) is 1. The molecule has 0 bridgehead atoms. The van der Waals surface area contributed by atoms with Gasteiger partial charge in [-0.3, -0.25) is 14.6 Å². The maximum atomic E-state index is 12.8. The molecule has 39 heavy (non-hydrogen) atoms. The van der Waals surface area contributed by atoms with E-state index < -0.39 is 0 Å². The molecule has 0 spiro atoms. The molecule has 1 N–H and O–H groups in total. The van der Waals surface area contributed by atoms with Gasteiger partial charge in [0.15, 0.2) is 11.5 Å². The maximum absolute atomic E-state index is 12.8. The van der Waals surface area contributed by atoms with Gasteiger partial charge in [0.1, 0.15) is 6.10 Å². The Balaban J connectivity index is 1.43. The fourth-order valence-corrected chi connectivity index (χ4v) is 6.15. The van der Waals surface area contributed by atoms with Crippen molar-refractivity contribution in [2.45, 2.75) is 64.0 Å². The maximum Gasteiger partial charge on any atom is 0.302 e. The van der Waals surface area contributed by atoms with Crippen molar-refractivity contribution in [3.63, 3.8) is 0 Å². The van der Waals surface area contributed by atoms with Crippen LogP contribution in [0.25, 0.3) is 0 Å². The lowest BCUT2D eigenvalue weighted by Crippen LogP contribution is -2.36. The third kappa shape index (κ3) is 5.96. The zero-order valence-corrected chi connectivity index (χ0v) is 23.4. The minimum Gasteiger partial charge on any atom is -0.493 e. The predicted molar refractivity (Wildman–Crippen MR) is 151 cm³/mol. The first kappa shape index (κ1) is 27.2. The van der Waals surface area contributed by atoms with Gasteiger partial charge in [-0.1, -0.05) is 12.1 Å². The summed E-state index contributed by atoms with van der Waals surface area (Å²) in [6, 6.07) is 12.2. The second-order valence-electron chi connectivity index (χ2n) is 10.9. The molecule has 8 heteroatoms. The number of esters is 1. The molecule has 1 amide bonds. The highest BCUT2D eigenvalue weighted by atomic mass is 16.5. The van der Waals surface area contributed by atoms with Crippen LogP contribution < -0.4 is 14.8 Å². The summed E-state index contributed by atoms with van der Waals surface area (Å²) in [5.41, 5.74) is 4.84. The lowest BCUT2D eigenvalue weighted by Gasteiger charge is -2.38. The average molecular weight is 534 g/mol. The van der Waals surface area contributed by atoms with Crippen molar-refractivity contribution in [2.24, 2.45) is 10.9 Å². The first-order valence-electron chi connectivity index (χ1n) is 14.1. The van der Waals surface area contributed by atoms with Gasteiger partial charge >= 0.3 is 5.97 Å². The standard InChI is InChI=1S/C31H39N3O5/c1-5-38-29-17-24-25-16-23(39-19(2)35)10-11-27(25)33-30(26(24)18-28(29)37-4)20-6-8-22(9-7-20)32-31(36)21-12-14-34(3)15-13-21/h6-9,17-18,21,23,25,27H,5,10-16H2,1-4H3,(H,32,36). The van der Waals surface area contributed by atoms with E-state index in [-0.39, 0.29) is 35.9 Å². The molecule has 2 aliphatic heterocycles. The van der Waals surface area contributed by atoms with E-state index in [4.69, 9.17) is 19.2 Å². The molecule has 2 heterocycles. The van der Waals surface area contributed by atoms with Crippen LogP contribution in [0, 0.1) is 5.92 Å². The third-order valence-corrected chi connectivity index (χ3v) is 8.20. The van der Waals surface area contributed by atoms with E-state index in [0.29, 0.717) is 18.1 Å². The molecule has 1 aliphatic carbocycles. The number of amides is 1. The zero-order chi connectivity index (χ0) is 27.5. The van der Waals surface area contributed by atoms with Gasteiger partial charge in [-0.2, -0.15) is 0 Å². The van der Waals surface area contributed by atoms with Crippen molar-refractivity contribution in [2.75, 3.05) is 39.2 Å². The van der Waals surface area contributed by atoms with Crippen molar-refractivity contribution in [3.05, 3.63) is 53.1 Å². The molecule has 3 unspecified atom stereocenters. The van der Waals surface area contributed by atoms with Crippen molar-refractivity contribution in [1.82, 2.24) is 4.90 Å². The molecule has 2 aromatic carbocycles. The van der Waals surface area contributed by atoms with Gasteiger partial charge in [0.25, 0.3) is 0 Å². The summed E-state index contributed by atoms with van der Waals surface area (Å²) in [6.07, 6.45) is 4.03. The van der Waals surface area contributed by atoms with Crippen LogP contribution >= 0.6 is 0 Å². The van der Waals surface area contributed by atoms with E-state index in [1.807, 2.05) is 37.3 Å². The van der Waals surface area contributed by atoms with E-state index in [2.05, 4.69) is 23.3 Å². The van der Waals surface area contributed by atoms with Crippen LogP contribution in [0.1, 0.15) is 68.6 Å². The number of nitrogens with zero attached hydrogens (tertiary/aromatic N) is 2. The Labute approximate surface area is 230 Å². The molecule has 8 nitrogen and oxygen atoms in total. The van der Waals surface area contributed by atoms with Crippen molar-refractivity contribution in [1.29, 1.82) is 0 Å². The summed E-state index contributed by atoms with van der Waals surface area (Å²) >= 11 is 0. The molecule has 2 fully saturated rings. The van der Waals surface area contributed by atoms with Gasteiger partial charge in [-0.05, 0) is 89.0 Å². The van der Waals surface area contributed by atoms with Gasteiger partial charge in [0, 0.05) is 35.6 Å². The van der Waals surface area contributed by atoms with Crippen LogP contribution in [-0.2, 0) is 14.3 Å². The van der Waals surface area contributed by atoms with Crippen LogP contribution in [0.3, 0.4) is 0 Å². The molecule has 0 aromatic heterocycles. The molecule has 2 aromatic rings. The number of likely N-dealkylation sites (tertiary alicyclic amines) is 1. The van der Waals surface area contributed by atoms with Crippen LogP contribution in [0.4, 0.5) is 5.69 Å². The van der Waals surface area contributed by atoms with Gasteiger partial charge in [0.2, 0.25) is 5.91 Å². The van der Waals surface area contributed by atoms with Crippen molar-refractivity contribution in [3.8, 4) is 11.5 Å². The summed E-state index contributed by atoms with van der Waals surface area (Å²) in [6.45, 7) is 5.86. The number of hydrogen-bond acceptors (Lipinski definition) is 7. The molecule has 1 saturated carbocycles. The average Bonchev–Trinajstić information content (AvgIpc) is 2.93. The minimum atomic E-state index is -0.244. The number of carbonyl (C=O) groups is 2. The van der Waals surface area contributed by atoms with Crippen molar-refractivity contribution >= 4 is 23.3 Å². The third-order valence-electron chi connectivity index (χ3n) is 8.20. The van der Waals surface area contributed by atoms with Gasteiger partial charge < -0.3 is 24.4 Å². The van der Waals surface area contributed by atoms with E-state index in [9.17, 15) is 9.59 Å². The Hall–Kier alpha value is -3.39. The predicted octanol–water partition coefficient (Wildman–Crippen LogP) is 4.79. The SMILES string of the molecule is CCOc1cc2c(cc1OC)C(c1ccc(NC(=O)C3CCN(C)CC3)cc1)=NC1CCC(OC(C)=O)CC21. The Bertz CT molecular complexity index is 1230. The highest BCUT2D eigenvalue weighted by Gasteiger charge is 2.38. The summed E-state index contributed by atoms with van der Waals surface area (Å²) in [5, 5.41) is 3.11. The summed E-state index contributed by atoms with van der Waals surface area (Å²) in [4.78, 5) is 32.0. The fourth-order valence-electron chi connectivity index (χ4n) is 6.15. The molecule has 0 radical (unpaired) electrons. The van der Waals surface area contributed by atoms with Gasteiger partial charge in [-0.15, -0.1) is 0 Å². The smallest absolute Gasteiger partial charge is 0.302 e. The largest absolute Gasteiger partial charge is 0.493 e. The minimum absolute atomic E-state index is 0.0570. The second kappa shape index (κ2) is 11.8.